The van der Waals surface area contributed by atoms with Gasteiger partial charge in [-0.3, -0.25) is 9.59 Å². The minimum Gasteiger partial charge on any atom is -0.477 e. The quantitative estimate of drug-likeness (QED) is 0.734. The second-order valence-electron chi connectivity index (χ2n) is 3.56. The summed E-state index contributed by atoms with van der Waals surface area (Å²) < 4.78 is 0. The highest BCUT2D eigenvalue weighted by Crippen LogP contribution is 2.16. The fourth-order valence-corrected chi connectivity index (χ4v) is 1.98. The zero-order valence-corrected chi connectivity index (χ0v) is 10.8. The van der Waals surface area contributed by atoms with Gasteiger partial charge in [-0.1, -0.05) is 0 Å². The van der Waals surface area contributed by atoms with Crippen molar-refractivity contribution in [3.05, 3.63) is 21.9 Å². The summed E-state index contributed by atoms with van der Waals surface area (Å²) in [7, 11) is 0. The maximum absolute atomic E-state index is 11.7. The summed E-state index contributed by atoms with van der Waals surface area (Å²) in [5, 5.41) is 13.8. The fourth-order valence-electron chi connectivity index (χ4n) is 1.24. The van der Waals surface area contributed by atoms with Crippen LogP contribution in [-0.4, -0.2) is 35.5 Å². The Kier molecular flexibility index (Phi) is 4.85. The van der Waals surface area contributed by atoms with Crippen LogP contribution in [0.1, 0.15) is 33.2 Å². The lowest BCUT2D eigenvalue weighted by atomic mass is 10.3. The molecule has 0 saturated carbocycles. The first-order valence-electron chi connectivity index (χ1n) is 5.37. The number of amides is 2. The Balaban J connectivity index is 2.64. The molecule has 2 amide bonds. The molecule has 0 bridgehead atoms. The normalized spacial score (nSPS) is 11.7. The number of rotatable bonds is 5. The number of hydrogen-bond donors (Lipinski definition) is 3. The summed E-state index contributed by atoms with van der Waals surface area (Å²) in [5.41, 5.74) is 0. The monoisotopic (exact) mass is 270 g/mol. The van der Waals surface area contributed by atoms with E-state index in [0.717, 1.165) is 11.3 Å². The van der Waals surface area contributed by atoms with E-state index in [0.29, 0.717) is 6.54 Å². The van der Waals surface area contributed by atoms with E-state index in [4.69, 9.17) is 5.11 Å². The first-order valence-corrected chi connectivity index (χ1v) is 6.19. The zero-order chi connectivity index (χ0) is 13.7. The Labute approximate surface area is 108 Å². The van der Waals surface area contributed by atoms with Gasteiger partial charge >= 0.3 is 5.97 Å². The second kappa shape index (κ2) is 6.15. The summed E-state index contributed by atoms with van der Waals surface area (Å²) >= 11 is 0.873. The lowest BCUT2D eigenvalue weighted by molar-refractivity contribution is -0.122. The van der Waals surface area contributed by atoms with Crippen molar-refractivity contribution >= 4 is 29.1 Å². The molecule has 0 aliphatic rings. The van der Waals surface area contributed by atoms with Crippen LogP contribution in [0.5, 0.6) is 0 Å². The predicted molar refractivity (Wildman–Crippen MR) is 66.9 cm³/mol. The lowest BCUT2D eigenvalue weighted by Crippen LogP contribution is -2.44. The Morgan fingerprint density at radius 2 is 1.94 bits per heavy atom. The minimum atomic E-state index is -1.07. The van der Waals surface area contributed by atoms with Crippen LogP contribution < -0.4 is 10.6 Å². The molecule has 0 saturated heterocycles. The molecule has 0 spiro atoms. The molecule has 0 aromatic carbocycles. The zero-order valence-electron chi connectivity index (χ0n) is 10.0. The molecular weight excluding hydrogens is 256 g/mol. The largest absolute Gasteiger partial charge is 0.477 e. The second-order valence-corrected chi connectivity index (χ2v) is 4.64. The molecule has 6 nitrogen and oxygen atoms in total. The van der Waals surface area contributed by atoms with Crippen LogP contribution >= 0.6 is 11.3 Å². The van der Waals surface area contributed by atoms with Crippen molar-refractivity contribution in [3.63, 3.8) is 0 Å². The Hall–Kier alpha value is -1.89. The number of aromatic carboxylic acids is 1. The number of carbonyl (C=O) groups excluding carboxylic acids is 2. The van der Waals surface area contributed by atoms with Crippen LogP contribution in [0.3, 0.4) is 0 Å². The molecule has 98 valence electrons. The van der Waals surface area contributed by atoms with E-state index >= 15 is 0 Å². The summed E-state index contributed by atoms with van der Waals surface area (Å²) in [6, 6.07) is 2.12. The first kappa shape index (κ1) is 14.2. The van der Waals surface area contributed by atoms with Crippen molar-refractivity contribution in [3.8, 4) is 0 Å². The van der Waals surface area contributed by atoms with Crippen LogP contribution in [0.2, 0.25) is 0 Å². The third-order valence-corrected chi connectivity index (χ3v) is 3.20. The lowest BCUT2D eigenvalue weighted by Gasteiger charge is -2.12. The average molecular weight is 270 g/mol. The molecule has 1 rings (SSSR count). The van der Waals surface area contributed by atoms with Gasteiger partial charge in [-0.25, -0.2) is 4.79 Å². The van der Waals surface area contributed by atoms with Crippen molar-refractivity contribution in [2.45, 2.75) is 19.9 Å². The molecule has 1 aromatic rings. The summed E-state index contributed by atoms with van der Waals surface area (Å²) in [4.78, 5) is 34.2. The van der Waals surface area contributed by atoms with Crippen LogP contribution in [0.25, 0.3) is 0 Å². The molecule has 0 fully saturated rings. The molecule has 1 atom stereocenters. The molecule has 0 aliphatic heterocycles. The molecule has 3 N–H and O–H groups in total. The van der Waals surface area contributed by atoms with Gasteiger partial charge in [-0.05, 0) is 26.0 Å². The molecule has 7 heteroatoms. The van der Waals surface area contributed by atoms with Crippen LogP contribution in [0.4, 0.5) is 0 Å². The predicted octanol–water partition coefficient (Wildman–Crippen LogP) is 0.701. The topological polar surface area (TPSA) is 95.5 Å². The highest BCUT2D eigenvalue weighted by molar-refractivity contribution is 7.15. The number of carbonyl (C=O) groups is 3. The highest BCUT2D eigenvalue weighted by atomic mass is 32.1. The Morgan fingerprint density at radius 1 is 1.33 bits per heavy atom. The van der Waals surface area contributed by atoms with Gasteiger partial charge in [0.25, 0.3) is 5.91 Å². The van der Waals surface area contributed by atoms with Gasteiger partial charge in [0.2, 0.25) is 5.91 Å². The molecule has 18 heavy (non-hydrogen) atoms. The van der Waals surface area contributed by atoms with Crippen LogP contribution in [-0.2, 0) is 4.79 Å². The van der Waals surface area contributed by atoms with E-state index in [1.54, 1.807) is 13.8 Å². The van der Waals surface area contributed by atoms with Gasteiger partial charge in [-0.15, -0.1) is 11.3 Å². The van der Waals surface area contributed by atoms with Gasteiger partial charge in [0.05, 0.1) is 4.88 Å². The number of carboxylic acids is 1. The van der Waals surface area contributed by atoms with E-state index in [1.807, 2.05) is 0 Å². The van der Waals surface area contributed by atoms with E-state index < -0.39 is 17.9 Å². The van der Waals surface area contributed by atoms with Crippen molar-refractivity contribution in [2.24, 2.45) is 0 Å². The summed E-state index contributed by atoms with van der Waals surface area (Å²) in [5.74, 6) is -1.80. The molecule has 1 heterocycles. The third-order valence-electron chi connectivity index (χ3n) is 2.13. The molecule has 0 radical (unpaired) electrons. The fraction of sp³-hybridized carbons (Fsp3) is 0.364. The smallest absolute Gasteiger partial charge is 0.345 e. The third kappa shape index (κ3) is 3.56. The van der Waals surface area contributed by atoms with Crippen molar-refractivity contribution in [1.82, 2.24) is 10.6 Å². The van der Waals surface area contributed by atoms with Gasteiger partial charge in [0, 0.05) is 6.54 Å². The summed E-state index contributed by atoms with van der Waals surface area (Å²) in [6.07, 6.45) is 0. The standard InChI is InChI=1S/C11H14N2O4S/c1-3-12-9(14)6(2)13-10(15)7-4-5-8(18-7)11(16)17/h4-6H,3H2,1-2H3,(H,12,14)(H,13,15)(H,16,17). The van der Waals surface area contributed by atoms with Gasteiger partial charge in [-0.2, -0.15) is 0 Å². The minimum absolute atomic E-state index is 0.0887. The Bertz CT molecular complexity index is 469. The molecular formula is C11H14N2O4S. The number of carboxylic acid groups (broad SMARTS) is 1. The van der Waals surface area contributed by atoms with E-state index in [1.165, 1.54) is 12.1 Å². The maximum atomic E-state index is 11.7. The van der Waals surface area contributed by atoms with Crippen molar-refractivity contribution in [1.29, 1.82) is 0 Å². The van der Waals surface area contributed by atoms with Gasteiger partial charge in [0.15, 0.2) is 0 Å². The highest BCUT2D eigenvalue weighted by Gasteiger charge is 2.18. The summed E-state index contributed by atoms with van der Waals surface area (Å²) in [6.45, 7) is 3.83. The first-order chi connectivity index (χ1) is 8.45. The van der Waals surface area contributed by atoms with Crippen molar-refractivity contribution in [2.75, 3.05) is 6.54 Å². The van der Waals surface area contributed by atoms with Gasteiger partial charge < -0.3 is 15.7 Å². The SMILES string of the molecule is CCNC(=O)C(C)NC(=O)c1ccc(C(=O)O)s1. The van der Waals surface area contributed by atoms with Crippen molar-refractivity contribution < 1.29 is 19.5 Å². The van der Waals surface area contributed by atoms with E-state index in [2.05, 4.69) is 10.6 Å². The average Bonchev–Trinajstić information content (AvgIpc) is 2.78. The number of hydrogen-bond acceptors (Lipinski definition) is 4. The van der Waals surface area contributed by atoms with Crippen LogP contribution in [0, 0.1) is 0 Å². The molecule has 1 aromatic heterocycles. The number of likely N-dealkylation sites (N-methyl/N-ethyl adjacent to an activating group) is 1. The van der Waals surface area contributed by atoms with Crippen LogP contribution in [0.15, 0.2) is 12.1 Å². The number of thiophene rings is 1. The number of nitrogens with one attached hydrogen (secondary N) is 2. The Morgan fingerprint density at radius 3 is 2.44 bits per heavy atom. The molecule has 0 aliphatic carbocycles. The van der Waals surface area contributed by atoms with E-state index in [-0.39, 0.29) is 15.7 Å². The van der Waals surface area contributed by atoms with Gasteiger partial charge in [0.1, 0.15) is 10.9 Å². The maximum Gasteiger partial charge on any atom is 0.345 e. The van der Waals surface area contributed by atoms with E-state index in [9.17, 15) is 14.4 Å². The molecule has 1 unspecified atom stereocenters.